The monoisotopic (exact) mass is 384 g/mol. The molecule has 0 aliphatic rings. The van der Waals surface area contributed by atoms with Crippen LogP contribution in [0.2, 0.25) is 0 Å². The highest BCUT2D eigenvalue weighted by Crippen LogP contribution is 2.48. The van der Waals surface area contributed by atoms with Gasteiger partial charge in [0.2, 0.25) is 0 Å². The number of rotatable bonds is 2. The molecule has 0 fully saturated rings. The number of hydrogen-bond acceptors (Lipinski definition) is 1. The van der Waals surface area contributed by atoms with E-state index in [1.54, 1.807) is 0 Å². The molecule has 0 saturated carbocycles. The Morgan fingerprint density at radius 3 is 2.21 bits per heavy atom. The molecule has 0 spiro atoms. The Balaban J connectivity index is 3.04. The Hall–Kier alpha value is 0.460. The average molecular weight is 387 g/mol. The molecular weight excluding hydrogens is 376 g/mol. The van der Waals surface area contributed by atoms with Crippen molar-refractivity contribution >= 4 is 47.8 Å². The third-order valence-electron chi connectivity index (χ3n) is 1.56. The van der Waals surface area contributed by atoms with E-state index in [-0.39, 0.29) is 6.10 Å². The Kier molecular flexibility index (Phi) is 4.47. The number of alkyl halides is 3. The summed E-state index contributed by atoms with van der Waals surface area (Å²) in [7, 11) is 0. The maximum atomic E-state index is 5.68. The summed E-state index contributed by atoms with van der Waals surface area (Å²) >= 11 is 10.4. The standard InChI is InChI=1S/C10H11Br3O/c1-7(2)14-9-6-4-3-5-8(9)10(11,12)13/h3-7H,1-2H3. The van der Waals surface area contributed by atoms with Crippen LogP contribution in [0, 0.1) is 0 Å². The van der Waals surface area contributed by atoms with Crippen molar-refractivity contribution < 1.29 is 4.74 Å². The molecule has 0 radical (unpaired) electrons. The Morgan fingerprint density at radius 1 is 1.14 bits per heavy atom. The van der Waals surface area contributed by atoms with Crippen LogP contribution in [0.25, 0.3) is 0 Å². The second kappa shape index (κ2) is 4.99. The van der Waals surface area contributed by atoms with Gasteiger partial charge in [0.25, 0.3) is 0 Å². The molecule has 0 amide bonds. The van der Waals surface area contributed by atoms with E-state index in [1.165, 1.54) is 0 Å². The second-order valence-electron chi connectivity index (χ2n) is 3.16. The summed E-state index contributed by atoms with van der Waals surface area (Å²) in [4.78, 5) is 0. The van der Waals surface area contributed by atoms with Crippen LogP contribution in [0.4, 0.5) is 0 Å². The maximum absolute atomic E-state index is 5.68. The van der Waals surface area contributed by atoms with Crippen LogP contribution in [-0.2, 0) is 2.14 Å². The van der Waals surface area contributed by atoms with Crippen LogP contribution in [0.1, 0.15) is 19.4 Å². The molecule has 1 rings (SSSR count). The van der Waals surface area contributed by atoms with Gasteiger partial charge in [-0.15, -0.1) is 0 Å². The number of para-hydroxylation sites is 1. The molecular formula is C10H11Br3O. The van der Waals surface area contributed by atoms with E-state index in [0.717, 1.165) is 11.3 Å². The molecule has 1 aromatic rings. The topological polar surface area (TPSA) is 9.23 Å². The largest absolute Gasteiger partial charge is 0.491 e. The van der Waals surface area contributed by atoms with E-state index in [0.29, 0.717) is 0 Å². The minimum Gasteiger partial charge on any atom is -0.491 e. The molecule has 1 nitrogen and oxygen atoms in total. The molecule has 0 bridgehead atoms. The highest BCUT2D eigenvalue weighted by molar-refractivity contribution is 9.38. The van der Waals surface area contributed by atoms with Crippen molar-refractivity contribution in [3.05, 3.63) is 29.8 Å². The first kappa shape index (κ1) is 12.5. The van der Waals surface area contributed by atoms with E-state index < -0.39 is 2.14 Å². The normalized spacial score (nSPS) is 11.9. The summed E-state index contributed by atoms with van der Waals surface area (Å²) in [5.41, 5.74) is 1.02. The molecule has 78 valence electrons. The van der Waals surface area contributed by atoms with Crippen molar-refractivity contribution in [2.45, 2.75) is 22.1 Å². The molecule has 4 heteroatoms. The molecule has 0 atom stereocenters. The molecule has 0 aromatic heterocycles. The van der Waals surface area contributed by atoms with Crippen molar-refractivity contribution in [1.29, 1.82) is 0 Å². The summed E-state index contributed by atoms with van der Waals surface area (Å²) in [5, 5.41) is 0. The van der Waals surface area contributed by atoms with E-state index >= 15 is 0 Å². The molecule has 0 heterocycles. The predicted octanol–water partition coefficient (Wildman–Crippen LogP) is 4.77. The third-order valence-corrected chi connectivity index (χ3v) is 2.84. The summed E-state index contributed by atoms with van der Waals surface area (Å²) in [6, 6.07) is 7.88. The fraction of sp³-hybridized carbons (Fsp3) is 0.400. The number of halogens is 3. The lowest BCUT2D eigenvalue weighted by Crippen LogP contribution is -2.10. The fourth-order valence-electron chi connectivity index (χ4n) is 1.06. The summed E-state index contributed by atoms with van der Waals surface area (Å²) in [6.45, 7) is 4.02. The minimum atomic E-state index is -0.418. The molecule has 0 unspecified atom stereocenters. The van der Waals surface area contributed by atoms with Gasteiger partial charge >= 0.3 is 0 Å². The van der Waals surface area contributed by atoms with Crippen LogP contribution in [0.3, 0.4) is 0 Å². The highest BCUT2D eigenvalue weighted by Gasteiger charge is 2.24. The van der Waals surface area contributed by atoms with Gasteiger partial charge in [-0.2, -0.15) is 0 Å². The zero-order valence-corrected chi connectivity index (χ0v) is 12.7. The van der Waals surface area contributed by atoms with E-state index in [2.05, 4.69) is 47.8 Å². The van der Waals surface area contributed by atoms with Crippen LogP contribution in [0.5, 0.6) is 5.75 Å². The van der Waals surface area contributed by atoms with Crippen LogP contribution >= 0.6 is 47.8 Å². The Bertz CT molecular complexity index is 304. The second-order valence-corrected chi connectivity index (χ2v) is 9.92. The average Bonchev–Trinajstić information content (AvgIpc) is 2.01. The van der Waals surface area contributed by atoms with E-state index in [4.69, 9.17) is 4.74 Å². The minimum absolute atomic E-state index is 0.172. The first-order valence-electron chi connectivity index (χ1n) is 4.24. The lowest BCUT2D eigenvalue weighted by Gasteiger charge is -2.19. The Morgan fingerprint density at radius 2 is 1.71 bits per heavy atom. The summed E-state index contributed by atoms with van der Waals surface area (Å²) < 4.78 is 5.26. The summed E-state index contributed by atoms with van der Waals surface area (Å²) in [6.07, 6.45) is 0.172. The van der Waals surface area contributed by atoms with Gasteiger partial charge in [-0.05, 0) is 19.9 Å². The van der Waals surface area contributed by atoms with Gasteiger partial charge in [0.1, 0.15) is 5.75 Å². The van der Waals surface area contributed by atoms with Gasteiger partial charge in [0, 0.05) is 5.56 Å². The molecule has 1 aromatic carbocycles. The number of ether oxygens (including phenoxy) is 1. The predicted molar refractivity (Wildman–Crippen MR) is 70.7 cm³/mol. The quantitative estimate of drug-likeness (QED) is 0.665. The van der Waals surface area contributed by atoms with Crippen molar-refractivity contribution in [2.24, 2.45) is 0 Å². The first-order valence-corrected chi connectivity index (χ1v) is 6.62. The smallest absolute Gasteiger partial charge is 0.163 e. The molecule has 0 aliphatic carbocycles. The van der Waals surface area contributed by atoms with Gasteiger partial charge in [-0.3, -0.25) is 0 Å². The lowest BCUT2D eigenvalue weighted by molar-refractivity contribution is 0.240. The molecule has 0 saturated heterocycles. The van der Waals surface area contributed by atoms with Crippen LogP contribution in [0.15, 0.2) is 24.3 Å². The van der Waals surface area contributed by atoms with E-state index in [9.17, 15) is 0 Å². The fourth-order valence-corrected chi connectivity index (χ4v) is 2.04. The van der Waals surface area contributed by atoms with Gasteiger partial charge < -0.3 is 4.74 Å². The number of benzene rings is 1. The van der Waals surface area contributed by atoms with Crippen molar-refractivity contribution in [2.75, 3.05) is 0 Å². The SMILES string of the molecule is CC(C)Oc1ccccc1C(Br)(Br)Br. The highest BCUT2D eigenvalue weighted by atomic mass is 80.0. The van der Waals surface area contributed by atoms with Crippen molar-refractivity contribution in [3.63, 3.8) is 0 Å². The van der Waals surface area contributed by atoms with Crippen LogP contribution in [-0.4, -0.2) is 6.10 Å². The molecule has 0 N–H and O–H groups in total. The molecule has 0 aliphatic heterocycles. The van der Waals surface area contributed by atoms with Gasteiger partial charge in [0.15, 0.2) is 2.14 Å². The zero-order chi connectivity index (χ0) is 10.8. The third kappa shape index (κ3) is 3.55. The Labute approximate surface area is 110 Å². The van der Waals surface area contributed by atoms with Crippen molar-refractivity contribution in [3.8, 4) is 5.75 Å². The maximum Gasteiger partial charge on any atom is 0.163 e. The lowest BCUT2D eigenvalue weighted by atomic mass is 10.2. The molecule has 14 heavy (non-hydrogen) atoms. The number of hydrogen-bond donors (Lipinski definition) is 0. The van der Waals surface area contributed by atoms with E-state index in [1.807, 2.05) is 38.1 Å². The summed E-state index contributed by atoms with van der Waals surface area (Å²) in [5.74, 6) is 0.869. The van der Waals surface area contributed by atoms with Gasteiger partial charge in [-0.1, -0.05) is 66.0 Å². The van der Waals surface area contributed by atoms with Gasteiger partial charge in [0.05, 0.1) is 6.10 Å². The van der Waals surface area contributed by atoms with Crippen LogP contribution < -0.4 is 4.74 Å². The van der Waals surface area contributed by atoms with Crippen molar-refractivity contribution in [1.82, 2.24) is 0 Å². The first-order chi connectivity index (χ1) is 6.41. The van der Waals surface area contributed by atoms with Gasteiger partial charge in [-0.25, -0.2) is 0 Å². The zero-order valence-electron chi connectivity index (χ0n) is 7.93.